The van der Waals surface area contributed by atoms with Crippen molar-refractivity contribution in [2.24, 2.45) is 0 Å². The molecule has 2 unspecified atom stereocenters. The lowest BCUT2D eigenvalue weighted by molar-refractivity contribution is 0.157. The van der Waals surface area contributed by atoms with Crippen molar-refractivity contribution in [2.45, 2.75) is 6.03 Å². The minimum atomic E-state index is -1.63. The first kappa shape index (κ1) is 3.22. The maximum absolute atomic E-state index is 9.56. The van der Waals surface area contributed by atoms with Gasteiger partial charge in [-0.05, 0) is 4.57 Å². The summed E-state index contributed by atoms with van der Waals surface area (Å²) in [5, 5.41) is 7.93. The van der Waals surface area contributed by atoms with Crippen molar-refractivity contribution in [1.29, 1.82) is 0 Å². The van der Waals surface area contributed by atoms with E-state index in [0.29, 0.717) is 0 Å². The average Bonchev–Trinajstić information content (AvgIpc) is 1.79. The standard InChI is InChI=1S/CH2O3P/c2-1-4-5(1)3/h1-2H/q+1. The molecular formula is CH2O3P+. The zero-order valence-electron chi connectivity index (χ0n) is 2.29. The van der Waals surface area contributed by atoms with Crippen LogP contribution in [0.15, 0.2) is 0 Å². The first-order valence-corrected chi connectivity index (χ1v) is 2.36. The van der Waals surface area contributed by atoms with E-state index < -0.39 is 14.1 Å². The van der Waals surface area contributed by atoms with Crippen LogP contribution in [-0.2, 0) is 9.09 Å². The molecule has 0 aromatic carbocycles. The van der Waals surface area contributed by atoms with E-state index >= 15 is 0 Å². The van der Waals surface area contributed by atoms with Gasteiger partial charge < -0.3 is 5.11 Å². The first-order chi connectivity index (χ1) is 2.30. The molecule has 4 heteroatoms. The SMILES string of the molecule is O=[P+]1OC1O. The fourth-order valence-electron chi connectivity index (χ4n) is 0.0657. The second-order valence-electron chi connectivity index (χ2n) is 0.717. The zero-order chi connectivity index (χ0) is 3.86. The molecule has 0 aromatic heterocycles. The van der Waals surface area contributed by atoms with Gasteiger partial charge in [-0.2, -0.15) is 0 Å². The predicted octanol–water partition coefficient (Wildman–Crippen LogP) is 0.0349. The van der Waals surface area contributed by atoms with Crippen LogP contribution in [-0.4, -0.2) is 11.1 Å². The Morgan fingerprint density at radius 3 is 2.20 bits per heavy atom. The minimum Gasteiger partial charge on any atom is -0.323 e. The second kappa shape index (κ2) is 0.744. The Balaban J connectivity index is 2.47. The molecule has 0 spiro atoms. The molecule has 3 nitrogen and oxygen atoms in total. The Labute approximate surface area is 29.4 Å². The second-order valence-corrected chi connectivity index (χ2v) is 1.94. The highest BCUT2D eigenvalue weighted by Crippen LogP contribution is 2.47. The van der Waals surface area contributed by atoms with E-state index in [-0.39, 0.29) is 0 Å². The van der Waals surface area contributed by atoms with Gasteiger partial charge in [0, 0.05) is 0 Å². The molecule has 28 valence electrons. The van der Waals surface area contributed by atoms with Crippen molar-refractivity contribution in [3.8, 4) is 0 Å². The van der Waals surface area contributed by atoms with Crippen molar-refractivity contribution in [3.05, 3.63) is 0 Å². The third kappa shape index (κ3) is 0.453. The molecule has 1 fully saturated rings. The van der Waals surface area contributed by atoms with Gasteiger partial charge in [0.1, 0.15) is 0 Å². The lowest BCUT2D eigenvalue weighted by Gasteiger charge is -1.36. The normalized spacial score (nSPS) is 41.8. The van der Waals surface area contributed by atoms with Gasteiger partial charge in [0.15, 0.2) is 0 Å². The van der Waals surface area contributed by atoms with Crippen LogP contribution in [0.2, 0.25) is 0 Å². The maximum Gasteiger partial charge on any atom is 0.583 e. The molecule has 0 bridgehead atoms. The highest BCUT2D eigenvalue weighted by atomic mass is 31.1. The molecule has 5 heavy (non-hydrogen) atoms. The van der Waals surface area contributed by atoms with Gasteiger partial charge in [-0.25, -0.2) is 0 Å². The molecule has 1 saturated heterocycles. The van der Waals surface area contributed by atoms with E-state index in [9.17, 15) is 4.57 Å². The van der Waals surface area contributed by atoms with Crippen LogP contribution in [0.1, 0.15) is 0 Å². The number of hydrogen-bond donors (Lipinski definition) is 1. The quantitative estimate of drug-likeness (QED) is 0.339. The van der Waals surface area contributed by atoms with E-state index in [0.717, 1.165) is 0 Å². The average molecular weight is 93.0 g/mol. The van der Waals surface area contributed by atoms with Crippen molar-refractivity contribution in [2.75, 3.05) is 0 Å². The van der Waals surface area contributed by atoms with Crippen LogP contribution >= 0.6 is 8.03 Å². The van der Waals surface area contributed by atoms with Gasteiger partial charge in [0.05, 0.1) is 0 Å². The highest BCUT2D eigenvalue weighted by Gasteiger charge is 2.55. The predicted molar refractivity (Wildman–Crippen MR) is 14.7 cm³/mol. The Hall–Kier alpha value is 0.0200. The van der Waals surface area contributed by atoms with Gasteiger partial charge >= 0.3 is 14.1 Å². The van der Waals surface area contributed by atoms with Gasteiger partial charge in [-0.3, -0.25) is 0 Å². The Bertz CT molecular complexity index is 69.3. The van der Waals surface area contributed by atoms with Gasteiger partial charge in [0.25, 0.3) is 0 Å². The first-order valence-electron chi connectivity index (χ1n) is 1.12. The molecule has 2 atom stereocenters. The molecule has 1 N–H and O–H groups in total. The van der Waals surface area contributed by atoms with Gasteiger partial charge in [-0.15, -0.1) is 0 Å². The molecule has 0 aliphatic carbocycles. The summed E-state index contributed by atoms with van der Waals surface area (Å²) in [7, 11) is -1.63. The molecule has 0 aromatic rings. The summed E-state index contributed by atoms with van der Waals surface area (Å²) in [5.74, 6) is 0. The largest absolute Gasteiger partial charge is 0.583 e. The highest BCUT2D eigenvalue weighted by molar-refractivity contribution is 7.45. The van der Waals surface area contributed by atoms with E-state index in [1.54, 1.807) is 0 Å². The summed E-state index contributed by atoms with van der Waals surface area (Å²) in [6, 6.07) is -0.940. The van der Waals surface area contributed by atoms with Crippen LogP contribution in [0.5, 0.6) is 0 Å². The molecule has 0 radical (unpaired) electrons. The van der Waals surface area contributed by atoms with Crippen molar-refractivity contribution < 1.29 is 14.2 Å². The molecular weight excluding hydrogens is 91.0 g/mol. The Kier molecular flexibility index (Phi) is 0.479. The molecule has 1 aliphatic rings. The Morgan fingerprint density at radius 2 is 2.20 bits per heavy atom. The van der Waals surface area contributed by atoms with Gasteiger partial charge in [-0.1, -0.05) is 4.52 Å². The summed E-state index contributed by atoms with van der Waals surface area (Å²) >= 11 is 0. The summed E-state index contributed by atoms with van der Waals surface area (Å²) in [4.78, 5) is 0. The fraction of sp³-hybridized carbons (Fsp3) is 1.00. The van der Waals surface area contributed by atoms with Gasteiger partial charge in [0.2, 0.25) is 0 Å². The van der Waals surface area contributed by atoms with Crippen LogP contribution in [0.25, 0.3) is 0 Å². The smallest absolute Gasteiger partial charge is 0.323 e. The maximum atomic E-state index is 9.56. The van der Waals surface area contributed by atoms with E-state index in [1.165, 1.54) is 0 Å². The van der Waals surface area contributed by atoms with Crippen molar-refractivity contribution in [3.63, 3.8) is 0 Å². The summed E-state index contributed by atoms with van der Waals surface area (Å²) < 4.78 is 13.5. The third-order valence-electron chi connectivity index (χ3n) is 0.333. The summed E-state index contributed by atoms with van der Waals surface area (Å²) in [5.41, 5.74) is 0. The topological polar surface area (TPSA) is 49.8 Å². The van der Waals surface area contributed by atoms with Crippen LogP contribution < -0.4 is 0 Å². The molecule has 1 heterocycles. The summed E-state index contributed by atoms with van der Waals surface area (Å²) in [6.07, 6.45) is 0. The molecule has 1 rings (SSSR count). The van der Waals surface area contributed by atoms with Crippen LogP contribution in [0.3, 0.4) is 0 Å². The fourth-order valence-corrected chi connectivity index (χ4v) is 0.313. The van der Waals surface area contributed by atoms with E-state index in [4.69, 9.17) is 5.11 Å². The van der Waals surface area contributed by atoms with Crippen LogP contribution in [0.4, 0.5) is 0 Å². The lowest BCUT2D eigenvalue weighted by atomic mass is 11.5. The lowest BCUT2D eigenvalue weighted by Crippen LogP contribution is -1.65. The van der Waals surface area contributed by atoms with E-state index in [1.807, 2.05) is 0 Å². The summed E-state index contributed by atoms with van der Waals surface area (Å²) in [6.45, 7) is 0. The minimum absolute atomic E-state index is 0.940. The molecule has 0 amide bonds. The molecule has 0 saturated carbocycles. The number of rotatable bonds is 0. The van der Waals surface area contributed by atoms with Crippen LogP contribution in [0, 0.1) is 0 Å². The van der Waals surface area contributed by atoms with Crippen molar-refractivity contribution in [1.82, 2.24) is 0 Å². The monoisotopic (exact) mass is 93.0 g/mol. The molecule has 1 aliphatic heterocycles. The zero-order valence-corrected chi connectivity index (χ0v) is 3.18. The van der Waals surface area contributed by atoms with Crippen molar-refractivity contribution >= 4 is 8.03 Å². The third-order valence-corrected chi connectivity index (χ3v) is 0.999. The van der Waals surface area contributed by atoms with E-state index in [2.05, 4.69) is 4.52 Å². The number of aliphatic hydroxyl groups excluding tert-OH is 1. The number of aliphatic hydroxyl groups is 1. The number of hydrogen-bond acceptors (Lipinski definition) is 3. The Morgan fingerprint density at radius 1 is 2.00 bits per heavy atom.